The van der Waals surface area contributed by atoms with E-state index in [2.05, 4.69) is 10.2 Å². The molecule has 1 saturated carbocycles. The van der Waals surface area contributed by atoms with E-state index in [1.165, 1.54) is 25.7 Å². The Balaban J connectivity index is 1.68. The lowest BCUT2D eigenvalue weighted by molar-refractivity contribution is 0.470. The summed E-state index contributed by atoms with van der Waals surface area (Å²) in [6.07, 6.45) is 5.08. The minimum atomic E-state index is 0.449. The third-order valence-corrected chi connectivity index (χ3v) is 4.67. The third kappa shape index (κ3) is 2.68. The van der Waals surface area contributed by atoms with Gasteiger partial charge in [0.15, 0.2) is 4.34 Å². The third-order valence-electron chi connectivity index (χ3n) is 2.77. The first-order chi connectivity index (χ1) is 6.86. The summed E-state index contributed by atoms with van der Waals surface area (Å²) < 4.78 is 1.08. The van der Waals surface area contributed by atoms with E-state index in [9.17, 15) is 0 Å². The number of rotatable bonds is 4. The molecule has 2 N–H and O–H groups in total. The van der Waals surface area contributed by atoms with E-state index in [1.807, 2.05) is 0 Å². The number of nitrogens with two attached hydrogens (primary N) is 1. The van der Waals surface area contributed by atoms with Crippen molar-refractivity contribution in [2.24, 2.45) is 11.7 Å². The molecule has 1 aliphatic rings. The second-order valence-electron chi connectivity index (χ2n) is 3.70. The summed E-state index contributed by atoms with van der Waals surface area (Å²) in [6.45, 7) is 0. The van der Waals surface area contributed by atoms with Gasteiger partial charge in [0.25, 0.3) is 0 Å². The van der Waals surface area contributed by atoms with Crippen LogP contribution < -0.4 is 5.73 Å². The molecular weight excluding hydrogens is 214 g/mol. The lowest BCUT2D eigenvalue weighted by Gasteiger charge is -2.13. The molecule has 1 fully saturated rings. The van der Waals surface area contributed by atoms with Crippen molar-refractivity contribution in [3.63, 3.8) is 0 Å². The Hall–Kier alpha value is -0.130. The number of thioether (sulfide) groups is 1. The average molecular weight is 229 g/mol. The van der Waals surface area contributed by atoms with Gasteiger partial charge in [0.2, 0.25) is 0 Å². The highest BCUT2D eigenvalue weighted by atomic mass is 32.2. The Labute approximate surface area is 92.5 Å². The minimum Gasteiger partial charge on any atom is -0.327 e. The van der Waals surface area contributed by atoms with Gasteiger partial charge in [-0.25, -0.2) is 0 Å². The predicted molar refractivity (Wildman–Crippen MR) is 60.6 cm³/mol. The quantitative estimate of drug-likeness (QED) is 0.804. The Bertz CT molecular complexity index is 263. The van der Waals surface area contributed by atoms with Crippen molar-refractivity contribution in [3.8, 4) is 0 Å². The maximum atomic E-state index is 6.00. The first-order valence-corrected chi connectivity index (χ1v) is 6.87. The topological polar surface area (TPSA) is 51.8 Å². The summed E-state index contributed by atoms with van der Waals surface area (Å²) in [5, 5.41) is 7.81. The summed E-state index contributed by atoms with van der Waals surface area (Å²) in [5.41, 5.74) is 7.79. The van der Waals surface area contributed by atoms with Gasteiger partial charge in [-0.2, -0.15) is 0 Å². The number of hydrogen-bond donors (Lipinski definition) is 1. The van der Waals surface area contributed by atoms with Crippen molar-refractivity contribution >= 4 is 23.1 Å². The Morgan fingerprint density at radius 3 is 3.14 bits per heavy atom. The monoisotopic (exact) mass is 229 g/mol. The smallest absolute Gasteiger partial charge is 0.174 e. The van der Waals surface area contributed by atoms with Crippen LogP contribution in [0.5, 0.6) is 0 Å². The summed E-state index contributed by atoms with van der Waals surface area (Å²) >= 11 is 3.42. The molecule has 2 rings (SSSR count). The Morgan fingerprint density at radius 1 is 1.57 bits per heavy atom. The van der Waals surface area contributed by atoms with E-state index in [4.69, 9.17) is 5.73 Å². The molecule has 0 spiro atoms. The van der Waals surface area contributed by atoms with Crippen LogP contribution in [0, 0.1) is 5.92 Å². The molecule has 1 aromatic rings. The SMILES string of the molecule is NC1CCCC1CCSc1nncs1. The second kappa shape index (κ2) is 5.09. The fourth-order valence-electron chi connectivity index (χ4n) is 1.95. The molecule has 0 saturated heterocycles. The minimum absolute atomic E-state index is 0.449. The van der Waals surface area contributed by atoms with Crippen LogP contribution in [0.25, 0.3) is 0 Å². The van der Waals surface area contributed by atoms with Crippen LogP contribution in [-0.2, 0) is 0 Å². The molecule has 5 heteroatoms. The molecule has 78 valence electrons. The van der Waals surface area contributed by atoms with E-state index < -0.39 is 0 Å². The molecule has 0 radical (unpaired) electrons. The highest BCUT2D eigenvalue weighted by molar-refractivity contribution is 8.00. The Morgan fingerprint density at radius 2 is 2.50 bits per heavy atom. The van der Waals surface area contributed by atoms with Crippen LogP contribution in [-0.4, -0.2) is 22.0 Å². The lowest BCUT2D eigenvalue weighted by atomic mass is 10.0. The van der Waals surface area contributed by atoms with Crippen molar-refractivity contribution in [1.82, 2.24) is 10.2 Å². The second-order valence-corrected chi connectivity index (χ2v) is 5.87. The van der Waals surface area contributed by atoms with Gasteiger partial charge in [0.1, 0.15) is 5.51 Å². The van der Waals surface area contributed by atoms with Crippen LogP contribution in [0.2, 0.25) is 0 Å². The zero-order chi connectivity index (χ0) is 9.80. The van der Waals surface area contributed by atoms with E-state index in [-0.39, 0.29) is 0 Å². The zero-order valence-electron chi connectivity index (χ0n) is 8.06. The van der Waals surface area contributed by atoms with Crippen LogP contribution in [0.1, 0.15) is 25.7 Å². The van der Waals surface area contributed by atoms with Crippen molar-refractivity contribution in [2.75, 3.05) is 5.75 Å². The van der Waals surface area contributed by atoms with E-state index in [0.717, 1.165) is 16.0 Å². The van der Waals surface area contributed by atoms with Crippen LogP contribution in [0.15, 0.2) is 9.85 Å². The summed E-state index contributed by atoms with van der Waals surface area (Å²) in [4.78, 5) is 0. The van der Waals surface area contributed by atoms with E-state index >= 15 is 0 Å². The summed E-state index contributed by atoms with van der Waals surface area (Å²) in [5.74, 6) is 1.88. The van der Waals surface area contributed by atoms with Gasteiger partial charge >= 0.3 is 0 Å². The maximum Gasteiger partial charge on any atom is 0.174 e. The molecule has 0 amide bonds. The predicted octanol–water partition coefficient (Wildman–Crippen LogP) is 2.15. The standard InChI is InChI=1S/C9H15N3S2/c10-8-3-1-2-7(8)4-5-13-9-12-11-6-14-9/h6-8H,1-5,10H2. The number of hydrogen-bond acceptors (Lipinski definition) is 5. The van der Waals surface area contributed by atoms with Crippen molar-refractivity contribution in [1.29, 1.82) is 0 Å². The highest BCUT2D eigenvalue weighted by Crippen LogP contribution is 2.29. The maximum absolute atomic E-state index is 6.00. The fraction of sp³-hybridized carbons (Fsp3) is 0.778. The molecule has 0 bridgehead atoms. The molecule has 1 aromatic heterocycles. The van der Waals surface area contributed by atoms with Crippen LogP contribution in [0.3, 0.4) is 0 Å². The summed E-state index contributed by atoms with van der Waals surface area (Å²) in [7, 11) is 0. The molecule has 14 heavy (non-hydrogen) atoms. The summed E-state index contributed by atoms with van der Waals surface area (Å²) in [6, 6.07) is 0.449. The first kappa shape index (κ1) is 10.4. The highest BCUT2D eigenvalue weighted by Gasteiger charge is 2.23. The number of aromatic nitrogens is 2. The molecule has 3 nitrogen and oxygen atoms in total. The lowest BCUT2D eigenvalue weighted by Crippen LogP contribution is -2.24. The van der Waals surface area contributed by atoms with Crippen molar-refractivity contribution in [3.05, 3.63) is 5.51 Å². The largest absolute Gasteiger partial charge is 0.327 e. The fourth-order valence-corrected chi connectivity index (χ4v) is 3.58. The molecule has 1 aliphatic carbocycles. The molecule has 1 heterocycles. The van der Waals surface area contributed by atoms with Crippen LogP contribution in [0.4, 0.5) is 0 Å². The normalized spacial score (nSPS) is 26.9. The molecule has 2 unspecified atom stereocenters. The van der Waals surface area contributed by atoms with Gasteiger partial charge in [-0.3, -0.25) is 0 Å². The van der Waals surface area contributed by atoms with Gasteiger partial charge in [-0.05, 0) is 25.2 Å². The van der Waals surface area contributed by atoms with Gasteiger partial charge in [-0.1, -0.05) is 29.5 Å². The first-order valence-electron chi connectivity index (χ1n) is 5.01. The Kier molecular flexibility index (Phi) is 3.78. The van der Waals surface area contributed by atoms with Crippen LogP contribution >= 0.6 is 23.1 Å². The molecule has 2 atom stereocenters. The zero-order valence-corrected chi connectivity index (χ0v) is 9.69. The van der Waals surface area contributed by atoms with Gasteiger partial charge in [-0.15, -0.1) is 10.2 Å². The average Bonchev–Trinajstić information content (AvgIpc) is 2.78. The van der Waals surface area contributed by atoms with Crippen molar-refractivity contribution < 1.29 is 0 Å². The molecule has 0 aromatic carbocycles. The van der Waals surface area contributed by atoms with E-state index in [0.29, 0.717) is 6.04 Å². The van der Waals surface area contributed by atoms with Gasteiger partial charge < -0.3 is 5.73 Å². The van der Waals surface area contributed by atoms with Crippen molar-refractivity contribution in [2.45, 2.75) is 36.1 Å². The number of nitrogens with zero attached hydrogens (tertiary/aromatic N) is 2. The van der Waals surface area contributed by atoms with E-state index in [1.54, 1.807) is 28.6 Å². The van der Waals surface area contributed by atoms with Gasteiger partial charge in [0.05, 0.1) is 0 Å². The molecule has 0 aliphatic heterocycles. The molecular formula is C9H15N3S2. The van der Waals surface area contributed by atoms with Gasteiger partial charge in [0, 0.05) is 11.8 Å².